The molecular weight excluding hydrogens is 206 g/mol. The Bertz CT molecular complexity index is 394. The maximum Gasteiger partial charge on any atom is 0.255 e. The van der Waals surface area contributed by atoms with Crippen molar-refractivity contribution in [3.05, 3.63) is 23.8 Å². The van der Waals surface area contributed by atoms with Gasteiger partial charge in [0.1, 0.15) is 0 Å². The first-order valence-corrected chi connectivity index (χ1v) is 5.03. The molecule has 0 aromatic heterocycles. The lowest BCUT2D eigenvalue weighted by atomic mass is 10.1. The number of hydrogen-bond acceptors (Lipinski definition) is 3. The average molecular weight is 223 g/mol. The molecule has 0 spiro atoms. The molecule has 1 rings (SSSR count). The van der Waals surface area contributed by atoms with Crippen molar-refractivity contribution in [3.63, 3.8) is 0 Å². The van der Waals surface area contributed by atoms with Gasteiger partial charge in [-0.05, 0) is 32.9 Å². The summed E-state index contributed by atoms with van der Waals surface area (Å²) in [4.78, 5) is 11.8. The standard InChI is InChI=1S/C12H17NO3/c1-12(2,3)13-11(15)8-6-5-7-9(16-4)10(8)14/h5-7,14H,1-4H3,(H,13,15). The number of phenolic OH excluding ortho intramolecular Hbond substituents is 1. The summed E-state index contributed by atoms with van der Waals surface area (Å²) in [5, 5.41) is 12.5. The number of amides is 1. The fourth-order valence-corrected chi connectivity index (χ4v) is 1.28. The van der Waals surface area contributed by atoms with Crippen LogP contribution in [0.25, 0.3) is 0 Å². The Morgan fingerprint density at radius 3 is 2.50 bits per heavy atom. The summed E-state index contributed by atoms with van der Waals surface area (Å²) in [6.07, 6.45) is 0. The minimum absolute atomic E-state index is 0.133. The van der Waals surface area contributed by atoms with Gasteiger partial charge in [0.2, 0.25) is 0 Å². The molecule has 88 valence electrons. The van der Waals surface area contributed by atoms with E-state index in [1.165, 1.54) is 7.11 Å². The van der Waals surface area contributed by atoms with Crippen LogP contribution in [0.1, 0.15) is 31.1 Å². The van der Waals surface area contributed by atoms with Crippen LogP contribution in [0.2, 0.25) is 0 Å². The summed E-state index contributed by atoms with van der Waals surface area (Å²) in [7, 11) is 1.44. The highest BCUT2D eigenvalue weighted by molar-refractivity contribution is 5.98. The van der Waals surface area contributed by atoms with Crippen LogP contribution in [-0.2, 0) is 0 Å². The van der Waals surface area contributed by atoms with Gasteiger partial charge in [-0.3, -0.25) is 4.79 Å². The second kappa shape index (κ2) is 4.43. The molecule has 1 aromatic carbocycles. The van der Waals surface area contributed by atoms with Crippen molar-refractivity contribution in [2.75, 3.05) is 7.11 Å². The maximum absolute atomic E-state index is 11.8. The van der Waals surface area contributed by atoms with E-state index in [-0.39, 0.29) is 22.8 Å². The van der Waals surface area contributed by atoms with E-state index >= 15 is 0 Å². The Hall–Kier alpha value is -1.71. The van der Waals surface area contributed by atoms with Crippen LogP contribution in [0.3, 0.4) is 0 Å². The van der Waals surface area contributed by atoms with E-state index in [0.29, 0.717) is 5.75 Å². The van der Waals surface area contributed by atoms with Crippen molar-refractivity contribution in [2.45, 2.75) is 26.3 Å². The lowest BCUT2D eigenvalue weighted by Gasteiger charge is -2.21. The molecule has 1 amide bonds. The van der Waals surface area contributed by atoms with E-state index < -0.39 is 0 Å². The number of methoxy groups -OCH3 is 1. The maximum atomic E-state index is 11.8. The molecule has 16 heavy (non-hydrogen) atoms. The molecule has 0 atom stereocenters. The van der Waals surface area contributed by atoms with Crippen molar-refractivity contribution in [2.24, 2.45) is 0 Å². The number of rotatable bonds is 2. The van der Waals surface area contributed by atoms with Crippen LogP contribution in [0.15, 0.2) is 18.2 Å². The van der Waals surface area contributed by atoms with Gasteiger partial charge in [0.15, 0.2) is 11.5 Å². The third kappa shape index (κ3) is 2.89. The summed E-state index contributed by atoms with van der Waals surface area (Å²) >= 11 is 0. The van der Waals surface area contributed by atoms with Crippen LogP contribution in [-0.4, -0.2) is 23.7 Å². The molecule has 0 bridgehead atoms. The third-order valence-corrected chi connectivity index (χ3v) is 1.95. The van der Waals surface area contributed by atoms with E-state index in [4.69, 9.17) is 4.74 Å². The summed E-state index contributed by atoms with van der Waals surface area (Å²) in [5.74, 6) is -0.155. The molecule has 0 aliphatic heterocycles. The molecular formula is C12H17NO3. The second-order valence-electron chi connectivity index (χ2n) is 4.56. The number of ether oxygens (including phenoxy) is 1. The van der Waals surface area contributed by atoms with Crippen molar-refractivity contribution < 1.29 is 14.6 Å². The number of carbonyl (C=O) groups excluding carboxylic acids is 1. The lowest BCUT2D eigenvalue weighted by molar-refractivity contribution is 0.0916. The van der Waals surface area contributed by atoms with E-state index in [1.807, 2.05) is 20.8 Å². The third-order valence-electron chi connectivity index (χ3n) is 1.95. The van der Waals surface area contributed by atoms with Crippen molar-refractivity contribution in [1.29, 1.82) is 0 Å². The van der Waals surface area contributed by atoms with Crippen LogP contribution in [0, 0.1) is 0 Å². The highest BCUT2D eigenvalue weighted by Gasteiger charge is 2.19. The largest absolute Gasteiger partial charge is 0.504 e. The number of hydrogen-bond donors (Lipinski definition) is 2. The predicted molar refractivity (Wildman–Crippen MR) is 61.9 cm³/mol. The average Bonchev–Trinajstić information content (AvgIpc) is 2.15. The fourth-order valence-electron chi connectivity index (χ4n) is 1.28. The van der Waals surface area contributed by atoms with E-state index in [0.717, 1.165) is 0 Å². The second-order valence-corrected chi connectivity index (χ2v) is 4.56. The number of phenols is 1. The van der Waals surface area contributed by atoms with Gasteiger partial charge in [-0.25, -0.2) is 0 Å². The number of carbonyl (C=O) groups is 1. The van der Waals surface area contributed by atoms with Gasteiger partial charge in [0, 0.05) is 5.54 Å². The first-order chi connectivity index (χ1) is 7.35. The molecule has 0 aliphatic carbocycles. The van der Waals surface area contributed by atoms with Crippen molar-refractivity contribution >= 4 is 5.91 Å². The molecule has 0 heterocycles. The Morgan fingerprint density at radius 1 is 1.38 bits per heavy atom. The molecule has 0 aliphatic rings. The first-order valence-electron chi connectivity index (χ1n) is 5.03. The smallest absolute Gasteiger partial charge is 0.255 e. The number of benzene rings is 1. The highest BCUT2D eigenvalue weighted by atomic mass is 16.5. The van der Waals surface area contributed by atoms with Crippen molar-refractivity contribution in [1.82, 2.24) is 5.32 Å². The minimum atomic E-state index is -0.341. The minimum Gasteiger partial charge on any atom is -0.504 e. The SMILES string of the molecule is COc1cccc(C(=O)NC(C)(C)C)c1O. The van der Waals surface area contributed by atoms with Crippen LogP contribution in [0.5, 0.6) is 11.5 Å². The quantitative estimate of drug-likeness (QED) is 0.805. The van der Waals surface area contributed by atoms with Crippen LogP contribution < -0.4 is 10.1 Å². The van der Waals surface area contributed by atoms with E-state index in [2.05, 4.69) is 5.32 Å². The van der Waals surface area contributed by atoms with Gasteiger partial charge in [0.05, 0.1) is 12.7 Å². The van der Waals surface area contributed by atoms with Gasteiger partial charge in [-0.2, -0.15) is 0 Å². The molecule has 0 saturated carbocycles. The summed E-state index contributed by atoms with van der Waals surface area (Å²) in [5.41, 5.74) is -0.124. The molecule has 4 heteroatoms. The molecule has 1 aromatic rings. The number of nitrogens with one attached hydrogen (secondary N) is 1. The molecule has 0 unspecified atom stereocenters. The van der Waals surface area contributed by atoms with Gasteiger partial charge in [-0.15, -0.1) is 0 Å². The summed E-state index contributed by atoms with van der Waals surface area (Å²) < 4.78 is 4.94. The van der Waals surface area contributed by atoms with Gasteiger partial charge >= 0.3 is 0 Å². The highest BCUT2D eigenvalue weighted by Crippen LogP contribution is 2.29. The molecule has 0 radical (unpaired) electrons. The van der Waals surface area contributed by atoms with E-state index in [9.17, 15) is 9.90 Å². The Labute approximate surface area is 95.2 Å². The Balaban J connectivity index is 3.01. The zero-order chi connectivity index (χ0) is 12.3. The lowest BCUT2D eigenvalue weighted by Crippen LogP contribution is -2.40. The number of aromatic hydroxyl groups is 1. The normalized spacial score (nSPS) is 11.0. The molecule has 0 fully saturated rings. The van der Waals surface area contributed by atoms with Gasteiger partial charge < -0.3 is 15.2 Å². The van der Waals surface area contributed by atoms with Crippen LogP contribution >= 0.6 is 0 Å². The molecule has 2 N–H and O–H groups in total. The zero-order valence-electron chi connectivity index (χ0n) is 10.00. The monoisotopic (exact) mass is 223 g/mol. The summed E-state index contributed by atoms with van der Waals surface area (Å²) in [6.45, 7) is 5.63. The van der Waals surface area contributed by atoms with E-state index in [1.54, 1.807) is 18.2 Å². The molecule has 0 saturated heterocycles. The molecule has 4 nitrogen and oxygen atoms in total. The van der Waals surface area contributed by atoms with Crippen molar-refractivity contribution in [3.8, 4) is 11.5 Å². The number of para-hydroxylation sites is 1. The van der Waals surface area contributed by atoms with Gasteiger partial charge in [0.25, 0.3) is 5.91 Å². The Kier molecular flexibility index (Phi) is 3.42. The summed E-state index contributed by atoms with van der Waals surface area (Å²) in [6, 6.07) is 4.82. The Morgan fingerprint density at radius 2 is 2.00 bits per heavy atom. The zero-order valence-corrected chi connectivity index (χ0v) is 10.00. The van der Waals surface area contributed by atoms with Gasteiger partial charge in [-0.1, -0.05) is 6.07 Å². The first kappa shape index (κ1) is 12.4. The fraction of sp³-hybridized carbons (Fsp3) is 0.417. The topological polar surface area (TPSA) is 58.6 Å². The predicted octanol–water partition coefficient (Wildman–Crippen LogP) is 1.93. The van der Waals surface area contributed by atoms with Crippen LogP contribution in [0.4, 0.5) is 0 Å².